The van der Waals surface area contributed by atoms with Gasteiger partial charge in [0.15, 0.2) is 0 Å². The molecule has 2 atom stereocenters. The number of fused-ring (bicyclic) bond motifs is 2. The third kappa shape index (κ3) is 3.03. The molecule has 5 rings (SSSR count). The number of aliphatic hydroxyl groups excluding tert-OH is 1. The largest absolute Gasteiger partial charge is 0.391 e. The molecule has 0 spiro atoms. The van der Waals surface area contributed by atoms with Crippen LogP contribution in [0.5, 0.6) is 0 Å². The number of nitrogens with zero attached hydrogens (tertiary/aromatic N) is 1. The first-order valence-electron chi connectivity index (χ1n) is 9.30. The molecular formula is C23H21N3O. The summed E-state index contributed by atoms with van der Waals surface area (Å²) in [5.74, 6) is 0. The van der Waals surface area contributed by atoms with Gasteiger partial charge >= 0.3 is 0 Å². The lowest BCUT2D eigenvalue weighted by Crippen LogP contribution is -2.28. The average molecular weight is 355 g/mol. The van der Waals surface area contributed by atoms with Gasteiger partial charge in [0.2, 0.25) is 0 Å². The average Bonchev–Trinajstić information content (AvgIpc) is 3.29. The van der Waals surface area contributed by atoms with Gasteiger partial charge in [0.05, 0.1) is 29.5 Å². The minimum Gasteiger partial charge on any atom is -0.391 e. The van der Waals surface area contributed by atoms with Gasteiger partial charge in [0.1, 0.15) is 0 Å². The van der Waals surface area contributed by atoms with E-state index in [-0.39, 0.29) is 12.1 Å². The van der Waals surface area contributed by atoms with Gasteiger partial charge in [-0.15, -0.1) is 0 Å². The quantitative estimate of drug-likeness (QED) is 0.519. The third-order valence-corrected chi connectivity index (χ3v) is 5.44. The van der Waals surface area contributed by atoms with E-state index in [0.717, 1.165) is 24.0 Å². The molecule has 3 aromatic carbocycles. The van der Waals surface area contributed by atoms with Gasteiger partial charge in [-0.3, -0.25) is 0 Å². The number of H-pyrrole nitrogens is 1. The zero-order valence-corrected chi connectivity index (χ0v) is 14.9. The van der Waals surface area contributed by atoms with E-state index >= 15 is 0 Å². The molecule has 27 heavy (non-hydrogen) atoms. The van der Waals surface area contributed by atoms with Crippen molar-refractivity contribution in [1.82, 2.24) is 15.3 Å². The predicted molar refractivity (Wildman–Crippen MR) is 107 cm³/mol. The normalized spacial score (nSPS) is 18.7. The van der Waals surface area contributed by atoms with Crippen LogP contribution < -0.4 is 5.32 Å². The standard InChI is InChI=1S/C23H21N3O/c27-22-12-18-3-1-2-4-19(18)23(22)24-13-15-5-7-16(8-6-15)17-9-10-20-21(11-17)26-14-25-20/h1-11,14,22-24,27H,12-13H2,(H,25,26)/t22-,23-/m1/s1. The molecule has 0 saturated heterocycles. The number of rotatable bonds is 4. The number of nitrogens with one attached hydrogen (secondary N) is 2. The van der Waals surface area contributed by atoms with Gasteiger partial charge in [-0.05, 0) is 39.9 Å². The molecule has 4 heteroatoms. The zero-order valence-electron chi connectivity index (χ0n) is 14.9. The van der Waals surface area contributed by atoms with Crippen molar-refractivity contribution < 1.29 is 5.11 Å². The van der Waals surface area contributed by atoms with Crippen molar-refractivity contribution in [3.05, 3.63) is 89.7 Å². The van der Waals surface area contributed by atoms with Gasteiger partial charge in [-0.25, -0.2) is 4.98 Å². The highest BCUT2D eigenvalue weighted by atomic mass is 16.3. The second-order valence-electron chi connectivity index (χ2n) is 7.16. The summed E-state index contributed by atoms with van der Waals surface area (Å²) in [5.41, 5.74) is 8.05. The number of aliphatic hydroxyl groups is 1. The number of benzene rings is 3. The van der Waals surface area contributed by atoms with Crippen LogP contribution in [-0.2, 0) is 13.0 Å². The molecule has 0 radical (unpaired) electrons. The molecule has 1 heterocycles. The molecule has 0 fully saturated rings. The molecule has 4 aromatic rings. The first-order chi connectivity index (χ1) is 13.3. The SMILES string of the molecule is O[C@@H]1Cc2ccccc2[C@H]1NCc1ccc(-c2ccc3nc[nH]c3c2)cc1. The smallest absolute Gasteiger partial charge is 0.0931 e. The number of aromatic amines is 1. The van der Waals surface area contributed by atoms with E-state index in [0.29, 0.717) is 0 Å². The molecule has 1 aliphatic rings. The Hall–Kier alpha value is -2.95. The molecule has 1 aliphatic carbocycles. The van der Waals surface area contributed by atoms with E-state index < -0.39 is 0 Å². The third-order valence-electron chi connectivity index (χ3n) is 5.44. The molecule has 0 bridgehead atoms. The summed E-state index contributed by atoms with van der Waals surface area (Å²) in [6.45, 7) is 0.732. The summed E-state index contributed by atoms with van der Waals surface area (Å²) < 4.78 is 0. The summed E-state index contributed by atoms with van der Waals surface area (Å²) in [5, 5.41) is 13.9. The van der Waals surface area contributed by atoms with E-state index in [2.05, 4.69) is 63.8 Å². The van der Waals surface area contributed by atoms with Gasteiger partial charge < -0.3 is 15.4 Å². The van der Waals surface area contributed by atoms with E-state index in [9.17, 15) is 5.11 Å². The van der Waals surface area contributed by atoms with Crippen LogP contribution >= 0.6 is 0 Å². The number of hydrogen-bond acceptors (Lipinski definition) is 3. The molecule has 0 aliphatic heterocycles. The van der Waals surface area contributed by atoms with Crippen molar-refractivity contribution in [3.63, 3.8) is 0 Å². The fraction of sp³-hybridized carbons (Fsp3) is 0.174. The molecule has 0 amide bonds. The number of hydrogen-bond donors (Lipinski definition) is 3. The van der Waals surface area contributed by atoms with Crippen LogP contribution in [0, 0.1) is 0 Å². The number of aromatic nitrogens is 2. The first-order valence-corrected chi connectivity index (χ1v) is 9.30. The Morgan fingerprint density at radius 2 is 1.81 bits per heavy atom. The highest BCUT2D eigenvalue weighted by Gasteiger charge is 2.29. The number of imidazole rings is 1. The fourth-order valence-corrected chi connectivity index (χ4v) is 3.98. The Bertz CT molecular complexity index is 1080. The van der Waals surface area contributed by atoms with E-state index in [4.69, 9.17) is 0 Å². The van der Waals surface area contributed by atoms with Crippen LogP contribution in [0.2, 0.25) is 0 Å². The van der Waals surface area contributed by atoms with Crippen LogP contribution in [-0.4, -0.2) is 21.2 Å². The lowest BCUT2D eigenvalue weighted by molar-refractivity contribution is 0.140. The molecule has 134 valence electrons. The highest BCUT2D eigenvalue weighted by molar-refractivity contribution is 5.81. The molecule has 0 saturated carbocycles. The Kier molecular flexibility index (Phi) is 4.00. The van der Waals surface area contributed by atoms with Gasteiger partial charge in [0, 0.05) is 13.0 Å². The van der Waals surface area contributed by atoms with Crippen LogP contribution in [0.1, 0.15) is 22.7 Å². The summed E-state index contributed by atoms with van der Waals surface area (Å²) in [6, 6.07) is 23.1. The predicted octanol–water partition coefficient (Wildman–Crippen LogP) is 3.98. The lowest BCUT2D eigenvalue weighted by Gasteiger charge is -2.18. The van der Waals surface area contributed by atoms with Gasteiger partial charge in [-0.1, -0.05) is 54.6 Å². The summed E-state index contributed by atoms with van der Waals surface area (Å²) in [6.07, 6.45) is 2.09. The van der Waals surface area contributed by atoms with Gasteiger partial charge in [0.25, 0.3) is 0 Å². The molecule has 4 nitrogen and oxygen atoms in total. The maximum absolute atomic E-state index is 10.4. The van der Waals surface area contributed by atoms with E-state index in [1.165, 1.54) is 27.8 Å². The minimum atomic E-state index is -0.359. The minimum absolute atomic E-state index is 0.00339. The summed E-state index contributed by atoms with van der Waals surface area (Å²) in [4.78, 5) is 7.43. The first kappa shape index (κ1) is 16.2. The maximum atomic E-state index is 10.4. The highest BCUT2D eigenvalue weighted by Crippen LogP contribution is 2.31. The van der Waals surface area contributed by atoms with Crippen molar-refractivity contribution >= 4 is 11.0 Å². The van der Waals surface area contributed by atoms with Gasteiger partial charge in [-0.2, -0.15) is 0 Å². The Morgan fingerprint density at radius 3 is 2.70 bits per heavy atom. The van der Waals surface area contributed by atoms with Crippen LogP contribution in [0.15, 0.2) is 73.1 Å². The Labute approximate surface area is 157 Å². The molecular weight excluding hydrogens is 334 g/mol. The van der Waals surface area contributed by atoms with Crippen molar-refractivity contribution in [1.29, 1.82) is 0 Å². The fourth-order valence-electron chi connectivity index (χ4n) is 3.98. The zero-order chi connectivity index (χ0) is 18.2. The van der Waals surface area contributed by atoms with Crippen molar-refractivity contribution in [2.75, 3.05) is 0 Å². The molecule has 3 N–H and O–H groups in total. The monoisotopic (exact) mass is 355 g/mol. The summed E-state index contributed by atoms with van der Waals surface area (Å²) >= 11 is 0. The molecule has 0 unspecified atom stereocenters. The Morgan fingerprint density at radius 1 is 1.00 bits per heavy atom. The second-order valence-corrected chi connectivity index (χ2v) is 7.16. The topological polar surface area (TPSA) is 60.9 Å². The second kappa shape index (κ2) is 6.65. The maximum Gasteiger partial charge on any atom is 0.0931 e. The van der Waals surface area contributed by atoms with Crippen LogP contribution in [0.25, 0.3) is 22.2 Å². The van der Waals surface area contributed by atoms with Crippen LogP contribution in [0.4, 0.5) is 0 Å². The van der Waals surface area contributed by atoms with E-state index in [1.807, 2.05) is 18.2 Å². The van der Waals surface area contributed by atoms with E-state index in [1.54, 1.807) is 6.33 Å². The lowest BCUT2D eigenvalue weighted by atomic mass is 10.0. The van der Waals surface area contributed by atoms with Crippen molar-refractivity contribution in [2.45, 2.75) is 25.1 Å². The van der Waals surface area contributed by atoms with Crippen molar-refractivity contribution in [3.8, 4) is 11.1 Å². The van der Waals surface area contributed by atoms with Crippen LogP contribution in [0.3, 0.4) is 0 Å². The summed E-state index contributed by atoms with van der Waals surface area (Å²) in [7, 11) is 0. The molecule has 1 aromatic heterocycles. The Balaban J connectivity index is 1.31. The van der Waals surface area contributed by atoms with Crippen molar-refractivity contribution in [2.24, 2.45) is 0 Å².